The normalized spacial score (nSPS) is 15.2. The van der Waals surface area contributed by atoms with Gasteiger partial charge in [0.05, 0.1) is 26.3 Å². The number of aromatic nitrogens is 2. The molecule has 1 aromatic carbocycles. The summed E-state index contributed by atoms with van der Waals surface area (Å²) in [6.07, 6.45) is 0.944. The molecule has 0 saturated heterocycles. The molecule has 0 fully saturated rings. The molecule has 0 spiro atoms. The number of hydrogen-bond acceptors (Lipinski definition) is 7. The van der Waals surface area contributed by atoms with E-state index in [1.165, 1.54) is 11.1 Å². The Bertz CT molecular complexity index is 721. The minimum atomic E-state index is -0.597. The van der Waals surface area contributed by atoms with E-state index in [4.69, 9.17) is 19.7 Å². The lowest BCUT2D eigenvalue weighted by molar-refractivity contribution is 0.209. The summed E-state index contributed by atoms with van der Waals surface area (Å²) >= 11 is 0. The summed E-state index contributed by atoms with van der Waals surface area (Å²) in [4.78, 5) is 6.68. The van der Waals surface area contributed by atoms with Crippen LogP contribution in [0.15, 0.2) is 16.7 Å². The molecule has 2 heterocycles. The predicted octanol–water partition coefficient (Wildman–Crippen LogP) is 1.84. The Balaban J connectivity index is 1.74. The highest BCUT2D eigenvalue weighted by atomic mass is 16.5. The van der Waals surface area contributed by atoms with Gasteiger partial charge in [-0.15, -0.1) is 0 Å². The van der Waals surface area contributed by atoms with Crippen molar-refractivity contribution < 1.29 is 14.0 Å². The fraction of sp³-hybridized carbons (Fsp3) is 0.529. The number of methoxy groups -OCH3 is 2. The van der Waals surface area contributed by atoms with Crippen LogP contribution in [-0.4, -0.2) is 35.8 Å². The van der Waals surface area contributed by atoms with E-state index in [0.29, 0.717) is 18.3 Å². The summed E-state index contributed by atoms with van der Waals surface area (Å²) in [5, 5.41) is 3.97. The first kappa shape index (κ1) is 16.7. The predicted molar refractivity (Wildman–Crippen MR) is 88.9 cm³/mol. The van der Waals surface area contributed by atoms with Crippen molar-refractivity contribution in [2.24, 2.45) is 5.73 Å². The van der Waals surface area contributed by atoms with E-state index in [-0.39, 0.29) is 0 Å². The van der Waals surface area contributed by atoms with Crippen molar-refractivity contribution in [2.75, 3.05) is 20.8 Å². The van der Waals surface area contributed by atoms with Gasteiger partial charge in [0, 0.05) is 13.1 Å². The van der Waals surface area contributed by atoms with Gasteiger partial charge in [-0.3, -0.25) is 4.90 Å². The average Bonchev–Trinajstić information content (AvgIpc) is 3.02. The van der Waals surface area contributed by atoms with E-state index in [0.717, 1.165) is 31.0 Å². The smallest absolute Gasteiger partial charge is 0.240 e. The number of rotatable bonds is 5. The zero-order valence-electron chi connectivity index (χ0n) is 14.6. The Hall–Kier alpha value is -2.12. The van der Waals surface area contributed by atoms with E-state index in [2.05, 4.69) is 21.1 Å². The van der Waals surface area contributed by atoms with Crippen LogP contribution in [-0.2, 0) is 25.0 Å². The van der Waals surface area contributed by atoms with E-state index in [9.17, 15) is 0 Å². The third-order valence-electron chi connectivity index (χ3n) is 4.20. The molecule has 7 heteroatoms. The lowest BCUT2D eigenvalue weighted by Gasteiger charge is -2.28. The van der Waals surface area contributed by atoms with Crippen molar-refractivity contribution in [3.63, 3.8) is 0 Å². The molecule has 2 N–H and O–H groups in total. The molecular formula is C17H24N4O3. The molecule has 3 rings (SSSR count). The zero-order valence-corrected chi connectivity index (χ0v) is 14.6. The number of ether oxygens (including phenoxy) is 2. The summed E-state index contributed by atoms with van der Waals surface area (Å²) in [7, 11) is 3.31. The fourth-order valence-corrected chi connectivity index (χ4v) is 2.85. The molecule has 1 aliphatic heterocycles. The number of hydrogen-bond donors (Lipinski definition) is 1. The van der Waals surface area contributed by atoms with Gasteiger partial charge in [-0.05, 0) is 43.5 Å². The molecule has 2 aromatic rings. The molecule has 0 aliphatic carbocycles. The van der Waals surface area contributed by atoms with E-state index < -0.39 is 5.54 Å². The second kappa shape index (κ2) is 6.41. The third-order valence-corrected chi connectivity index (χ3v) is 4.20. The molecular weight excluding hydrogens is 308 g/mol. The highest BCUT2D eigenvalue weighted by Gasteiger charge is 2.24. The van der Waals surface area contributed by atoms with Gasteiger partial charge in [-0.25, -0.2) is 0 Å². The molecule has 0 atom stereocenters. The monoisotopic (exact) mass is 332 g/mol. The standard InChI is InChI=1S/C17H24N4O3/c1-17(2,18)16-19-15(24-20-16)10-21-6-5-11-7-13(22-3)14(23-4)8-12(11)9-21/h7-8H,5-6,9-10,18H2,1-4H3. The van der Waals surface area contributed by atoms with Crippen molar-refractivity contribution in [3.05, 3.63) is 35.0 Å². The summed E-state index contributed by atoms with van der Waals surface area (Å²) in [5.74, 6) is 2.65. The van der Waals surface area contributed by atoms with Gasteiger partial charge in [-0.2, -0.15) is 4.98 Å². The lowest BCUT2D eigenvalue weighted by atomic mass is 9.99. The quantitative estimate of drug-likeness (QED) is 0.894. The molecule has 0 saturated carbocycles. The minimum absolute atomic E-state index is 0.529. The van der Waals surface area contributed by atoms with E-state index in [1.807, 2.05) is 19.9 Å². The summed E-state index contributed by atoms with van der Waals surface area (Å²) < 4.78 is 16.1. The van der Waals surface area contributed by atoms with Crippen LogP contribution < -0.4 is 15.2 Å². The Morgan fingerprint density at radius 2 is 1.88 bits per heavy atom. The molecule has 0 bridgehead atoms. The van der Waals surface area contributed by atoms with Gasteiger partial charge in [-0.1, -0.05) is 5.16 Å². The molecule has 1 aromatic heterocycles. The van der Waals surface area contributed by atoms with Crippen LogP contribution in [0.25, 0.3) is 0 Å². The fourth-order valence-electron chi connectivity index (χ4n) is 2.85. The molecule has 0 amide bonds. The van der Waals surface area contributed by atoms with Crippen molar-refractivity contribution in [1.29, 1.82) is 0 Å². The van der Waals surface area contributed by atoms with Gasteiger partial charge in [0.25, 0.3) is 0 Å². The van der Waals surface area contributed by atoms with Crippen molar-refractivity contribution in [1.82, 2.24) is 15.0 Å². The number of benzene rings is 1. The molecule has 130 valence electrons. The second-order valence-corrected chi connectivity index (χ2v) is 6.67. The SMILES string of the molecule is COc1cc2c(cc1OC)CN(Cc1nc(C(C)(C)N)no1)CC2. The third kappa shape index (κ3) is 3.37. The van der Waals surface area contributed by atoms with Crippen LogP contribution in [0.2, 0.25) is 0 Å². The average molecular weight is 332 g/mol. The first-order valence-corrected chi connectivity index (χ1v) is 7.98. The first-order valence-electron chi connectivity index (χ1n) is 7.98. The Morgan fingerprint density at radius 1 is 1.21 bits per heavy atom. The van der Waals surface area contributed by atoms with Crippen molar-refractivity contribution in [2.45, 2.75) is 38.9 Å². The second-order valence-electron chi connectivity index (χ2n) is 6.67. The summed E-state index contributed by atoms with van der Waals surface area (Å²) in [5.41, 5.74) is 7.93. The van der Waals surface area contributed by atoms with Crippen LogP contribution in [0.4, 0.5) is 0 Å². The maximum Gasteiger partial charge on any atom is 0.240 e. The lowest BCUT2D eigenvalue weighted by Crippen LogP contribution is -2.31. The Kier molecular flexibility index (Phi) is 4.47. The van der Waals surface area contributed by atoms with Gasteiger partial charge < -0.3 is 19.7 Å². The molecule has 1 aliphatic rings. The maximum absolute atomic E-state index is 6.00. The highest BCUT2D eigenvalue weighted by molar-refractivity contribution is 5.48. The highest BCUT2D eigenvalue weighted by Crippen LogP contribution is 2.33. The van der Waals surface area contributed by atoms with Crippen LogP contribution in [0.3, 0.4) is 0 Å². The van der Waals surface area contributed by atoms with E-state index >= 15 is 0 Å². The summed E-state index contributed by atoms with van der Waals surface area (Å²) in [6, 6.07) is 4.11. The van der Waals surface area contributed by atoms with E-state index in [1.54, 1.807) is 14.2 Å². The van der Waals surface area contributed by atoms with Crippen molar-refractivity contribution in [3.8, 4) is 11.5 Å². The topological polar surface area (TPSA) is 86.6 Å². The molecule has 0 radical (unpaired) electrons. The van der Waals surface area contributed by atoms with Crippen LogP contribution in [0.5, 0.6) is 11.5 Å². The Morgan fingerprint density at radius 3 is 2.46 bits per heavy atom. The molecule has 24 heavy (non-hydrogen) atoms. The molecule has 0 unspecified atom stereocenters. The first-order chi connectivity index (χ1) is 11.4. The number of nitrogens with two attached hydrogens (primary N) is 1. The Labute approximate surface area is 141 Å². The minimum Gasteiger partial charge on any atom is -0.493 e. The maximum atomic E-state index is 6.00. The van der Waals surface area contributed by atoms with Gasteiger partial charge >= 0.3 is 0 Å². The van der Waals surface area contributed by atoms with Gasteiger partial charge in [0.15, 0.2) is 17.3 Å². The molecule has 7 nitrogen and oxygen atoms in total. The van der Waals surface area contributed by atoms with Gasteiger partial charge in [0.1, 0.15) is 0 Å². The summed E-state index contributed by atoms with van der Waals surface area (Å²) in [6.45, 7) is 6.05. The van der Waals surface area contributed by atoms with Crippen molar-refractivity contribution >= 4 is 0 Å². The number of fused-ring (bicyclic) bond motifs is 1. The van der Waals surface area contributed by atoms with Crippen LogP contribution in [0.1, 0.15) is 36.7 Å². The van der Waals surface area contributed by atoms with Gasteiger partial charge in [0.2, 0.25) is 5.89 Å². The van der Waals surface area contributed by atoms with Crippen LogP contribution in [0, 0.1) is 0 Å². The van der Waals surface area contributed by atoms with Crippen LogP contribution >= 0.6 is 0 Å². The number of nitrogens with zero attached hydrogens (tertiary/aromatic N) is 3. The zero-order chi connectivity index (χ0) is 17.3. The largest absolute Gasteiger partial charge is 0.493 e.